The fourth-order valence-corrected chi connectivity index (χ4v) is 2.86. The molecule has 24 heavy (non-hydrogen) atoms. The molecule has 4 nitrogen and oxygen atoms in total. The van der Waals surface area contributed by atoms with Crippen LogP contribution in [0.3, 0.4) is 0 Å². The Morgan fingerprint density at radius 2 is 1.71 bits per heavy atom. The lowest BCUT2D eigenvalue weighted by molar-refractivity contribution is -0.135. The molecule has 2 N–H and O–H groups in total. The minimum atomic E-state index is -0.573. The zero-order valence-electron chi connectivity index (χ0n) is 14.3. The van der Waals surface area contributed by atoms with E-state index >= 15 is 0 Å². The van der Waals surface area contributed by atoms with Crippen molar-refractivity contribution in [1.29, 1.82) is 0 Å². The third-order valence-electron chi connectivity index (χ3n) is 4.59. The van der Waals surface area contributed by atoms with Gasteiger partial charge in [0.1, 0.15) is 11.6 Å². The quantitative estimate of drug-likeness (QED) is 0.896. The van der Waals surface area contributed by atoms with Crippen LogP contribution in [0.5, 0.6) is 0 Å². The summed E-state index contributed by atoms with van der Waals surface area (Å²) in [4.78, 5) is 16.1. The molecule has 1 aromatic rings. The van der Waals surface area contributed by atoms with Crippen molar-refractivity contribution in [2.75, 3.05) is 26.2 Å². The lowest BCUT2D eigenvalue weighted by atomic mass is 10.0. The summed E-state index contributed by atoms with van der Waals surface area (Å²) in [5.74, 6) is -1.03. The molecule has 2 rings (SSSR count). The summed E-state index contributed by atoms with van der Waals surface area (Å²) < 4.78 is 26.9. The van der Waals surface area contributed by atoms with E-state index in [2.05, 4.69) is 4.90 Å². The minimum Gasteiger partial charge on any atom is -0.339 e. The first-order valence-corrected chi connectivity index (χ1v) is 8.04. The zero-order chi connectivity index (χ0) is 17.1. The van der Waals surface area contributed by atoms with E-state index in [9.17, 15) is 13.6 Å². The van der Waals surface area contributed by atoms with Gasteiger partial charge in [0.25, 0.3) is 0 Å². The zero-order valence-corrected chi connectivity index (χ0v) is 15.2. The van der Waals surface area contributed by atoms with Gasteiger partial charge in [-0.3, -0.25) is 9.69 Å². The number of nitrogens with zero attached hydrogens (tertiary/aromatic N) is 2. The van der Waals surface area contributed by atoms with Crippen molar-refractivity contribution in [1.82, 2.24) is 9.80 Å². The Morgan fingerprint density at radius 1 is 1.12 bits per heavy atom. The van der Waals surface area contributed by atoms with E-state index < -0.39 is 17.7 Å². The van der Waals surface area contributed by atoms with E-state index in [1.54, 1.807) is 4.90 Å². The summed E-state index contributed by atoms with van der Waals surface area (Å²) in [5, 5.41) is 0. The molecule has 1 saturated heterocycles. The van der Waals surface area contributed by atoms with Gasteiger partial charge in [-0.1, -0.05) is 19.9 Å². The molecule has 1 aliphatic heterocycles. The summed E-state index contributed by atoms with van der Waals surface area (Å²) in [5.41, 5.74) is 6.40. The summed E-state index contributed by atoms with van der Waals surface area (Å²) in [6, 6.07) is 3.03. The maximum atomic E-state index is 13.9. The number of halogens is 3. The van der Waals surface area contributed by atoms with Crippen LogP contribution in [0.1, 0.15) is 32.4 Å². The molecule has 1 fully saturated rings. The summed E-state index contributed by atoms with van der Waals surface area (Å²) in [6.07, 6.45) is 0. The van der Waals surface area contributed by atoms with E-state index in [4.69, 9.17) is 5.73 Å². The average molecular weight is 362 g/mol. The van der Waals surface area contributed by atoms with Crippen molar-refractivity contribution in [3.63, 3.8) is 0 Å². The third kappa shape index (κ3) is 4.65. The topological polar surface area (TPSA) is 49.6 Å². The van der Waals surface area contributed by atoms with Crippen LogP contribution in [0.15, 0.2) is 18.2 Å². The molecule has 1 aliphatic rings. The van der Waals surface area contributed by atoms with Gasteiger partial charge in [-0.25, -0.2) is 8.78 Å². The van der Waals surface area contributed by atoms with Crippen LogP contribution in [0.4, 0.5) is 8.78 Å². The Bertz CT molecular complexity index is 563. The van der Waals surface area contributed by atoms with Crippen LogP contribution in [0, 0.1) is 17.6 Å². The number of rotatable bonds is 4. The van der Waals surface area contributed by atoms with Crippen molar-refractivity contribution in [3.8, 4) is 0 Å². The standard InChI is InChI=1S/C17H25F2N3O.ClH/c1-11(2)16(20)17(23)22-8-6-21(7-9-22)12(3)14-5-4-13(18)10-15(14)19;/h4-5,10-12,16H,6-9,20H2,1-3H3;1H/t12?,16-;/m0./s1. The highest BCUT2D eigenvalue weighted by molar-refractivity contribution is 5.85. The van der Waals surface area contributed by atoms with Crippen molar-refractivity contribution in [2.24, 2.45) is 11.7 Å². The Morgan fingerprint density at radius 3 is 2.21 bits per heavy atom. The lowest BCUT2D eigenvalue weighted by Crippen LogP contribution is -2.54. The number of carbonyl (C=O) groups is 1. The average Bonchev–Trinajstić information content (AvgIpc) is 2.53. The number of carbonyl (C=O) groups excluding carboxylic acids is 1. The van der Waals surface area contributed by atoms with Gasteiger partial charge in [-0.15, -0.1) is 12.4 Å². The molecule has 1 aromatic carbocycles. The van der Waals surface area contributed by atoms with Crippen molar-refractivity contribution in [2.45, 2.75) is 32.9 Å². The number of nitrogens with two attached hydrogens (primary N) is 1. The highest BCUT2D eigenvalue weighted by Gasteiger charge is 2.29. The fraction of sp³-hybridized carbons (Fsp3) is 0.588. The lowest BCUT2D eigenvalue weighted by Gasteiger charge is -2.39. The third-order valence-corrected chi connectivity index (χ3v) is 4.59. The maximum absolute atomic E-state index is 13.9. The van der Waals surface area contributed by atoms with Gasteiger partial charge in [0.15, 0.2) is 0 Å². The Hall–Kier alpha value is -1.24. The van der Waals surface area contributed by atoms with Crippen LogP contribution in [0.2, 0.25) is 0 Å². The van der Waals surface area contributed by atoms with E-state index in [1.807, 2.05) is 20.8 Å². The predicted molar refractivity (Wildman–Crippen MR) is 93.0 cm³/mol. The molecule has 0 saturated carbocycles. The number of benzene rings is 1. The van der Waals surface area contributed by atoms with Crippen LogP contribution < -0.4 is 5.73 Å². The predicted octanol–water partition coefficient (Wildman–Crippen LogP) is 2.58. The van der Waals surface area contributed by atoms with Crippen LogP contribution >= 0.6 is 12.4 Å². The van der Waals surface area contributed by atoms with E-state index in [1.165, 1.54) is 12.1 Å². The van der Waals surface area contributed by atoms with Crippen molar-refractivity contribution < 1.29 is 13.6 Å². The van der Waals surface area contributed by atoms with Crippen LogP contribution in [-0.2, 0) is 4.79 Å². The van der Waals surface area contributed by atoms with E-state index in [0.29, 0.717) is 31.7 Å². The van der Waals surface area contributed by atoms with Gasteiger partial charge in [-0.05, 0) is 18.9 Å². The number of piperazine rings is 1. The van der Waals surface area contributed by atoms with Crippen LogP contribution in [-0.4, -0.2) is 47.9 Å². The van der Waals surface area contributed by atoms with E-state index in [0.717, 1.165) is 6.07 Å². The van der Waals surface area contributed by atoms with Gasteiger partial charge in [0.05, 0.1) is 6.04 Å². The number of amides is 1. The normalized spacial score (nSPS) is 18.2. The molecule has 2 atom stereocenters. The summed E-state index contributed by atoms with van der Waals surface area (Å²) in [7, 11) is 0. The fourth-order valence-electron chi connectivity index (χ4n) is 2.86. The number of hydrogen-bond acceptors (Lipinski definition) is 3. The number of hydrogen-bond donors (Lipinski definition) is 1. The molecule has 7 heteroatoms. The van der Waals surface area contributed by atoms with Gasteiger partial charge in [0.2, 0.25) is 5.91 Å². The molecular formula is C17H26ClF2N3O. The SMILES string of the molecule is CC(C)[C@H](N)C(=O)N1CCN(C(C)c2ccc(F)cc2F)CC1.Cl. The smallest absolute Gasteiger partial charge is 0.239 e. The Labute approximate surface area is 148 Å². The first kappa shape index (κ1) is 20.8. The molecule has 0 aliphatic carbocycles. The van der Waals surface area contributed by atoms with Gasteiger partial charge in [-0.2, -0.15) is 0 Å². The molecular weight excluding hydrogens is 336 g/mol. The van der Waals surface area contributed by atoms with Crippen molar-refractivity contribution >= 4 is 18.3 Å². The Kier molecular flexibility index (Phi) is 7.57. The highest BCUT2D eigenvalue weighted by Crippen LogP contribution is 2.24. The monoisotopic (exact) mass is 361 g/mol. The van der Waals surface area contributed by atoms with Gasteiger partial charge >= 0.3 is 0 Å². The Balaban J connectivity index is 0.00000288. The first-order valence-electron chi connectivity index (χ1n) is 8.04. The van der Waals surface area contributed by atoms with Gasteiger partial charge in [0, 0.05) is 43.9 Å². The highest BCUT2D eigenvalue weighted by atomic mass is 35.5. The summed E-state index contributed by atoms with van der Waals surface area (Å²) in [6.45, 7) is 8.20. The van der Waals surface area contributed by atoms with Crippen molar-refractivity contribution in [3.05, 3.63) is 35.4 Å². The summed E-state index contributed by atoms with van der Waals surface area (Å²) >= 11 is 0. The molecule has 0 radical (unpaired) electrons. The molecule has 0 spiro atoms. The molecule has 1 unspecified atom stereocenters. The minimum absolute atomic E-state index is 0. The molecule has 0 aromatic heterocycles. The largest absolute Gasteiger partial charge is 0.339 e. The maximum Gasteiger partial charge on any atom is 0.239 e. The molecule has 1 heterocycles. The second-order valence-corrected chi connectivity index (χ2v) is 6.47. The molecule has 0 bridgehead atoms. The second-order valence-electron chi connectivity index (χ2n) is 6.47. The second kappa shape index (κ2) is 8.74. The molecule has 1 amide bonds. The van der Waals surface area contributed by atoms with E-state index in [-0.39, 0.29) is 30.3 Å². The first-order chi connectivity index (χ1) is 10.8. The van der Waals surface area contributed by atoms with Gasteiger partial charge < -0.3 is 10.6 Å². The van der Waals surface area contributed by atoms with Crippen LogP contribution in [0.25, 0.3) is 0 Å². The molecule has 136 valence electrons.